The van der Waals surface area contributed by atoms with E-state index < -0.39 is 18.1 Å². The summed E-state index contributed by atoms with van der Waals surface area (Å²) in [6, 6.07) is 14.6. The molecule has 4 rings (SSSR count). The van der Waals surface area contributed by atoms with E-state index >= 15 is 0 Å². The van der Waals surface area contributed by atoms with Crippen LogP contribution in [0.5, 0.6) is 5.75 Å². The number of nitrogens with zero attached hydrogens (tertiary/aromatic N) is 2. The second kappa shape index (κ2) is 8.46. The zero-order valence-electron chi connectivity index (χ0n) is 16.4. The Morgan fingerprint density at radius 2 is 1.74 bits per heavy atom. The molecule has 0 unspecified atom stereocenters. The molecule has 0 bridgehead atoms. The van der Waals surface area contributed by atoms with Gasteiger partial charge in [-0.25, -0.2) is 4.79 Å². The molecule has 0 radical (unpaired) electrons. The van der Waals surface area contributed by atoms with Crippen LogP contribution in [0.2, 0.25) is 0 Å². The summed E-state index contributed by atoms with van der Waals surface area (Å²) in [4.78, 5) is 23.2. The fourth-order valence-corrected chi connectivity index (χ4v) is 3.56. The summed E-state index contributed by atoms with van der Waals surface area (Å²) in [5.41, 5.74) is 1.83. The predicted molar refractivity (Wildman–Crippen MR) is 105 cm³/mol. The van der Waals surface area contributed by atoms with Crippen LogP contribution in [0.1, 0.15) is 24.8 Å². The lowest BCUT2D eigenvalue weighted by Gasteiger charge is -2.35. The number of halogens is 3. The molecule has 0 aromatic heterocycles. The molecule has 10 heteroatoms. The summed E-state index contributed by atoms with van der Waals surface area (Å²) < 4.78 is 40.4. The van der Waals surface area contributed by atoms with Crippen LogP contribution >= 0.6 is 0 Å². The van der Waals surface area contributed by atoms with E-state index in [2.05, 4.69) is 15.2 Å². The molecule has 1 fully saturated rings. The van der Waals surface area contributed by atoms with E-state index in [1.54, 1.807) is 0 Å². The summed E-state index contributed by atoms with van der Waals surface area (Å²) in [6.45, 7) is 0.951. The van der Waals surface area contributed by atoms with E-state index in [1.165, 1.54) is 17.2 Å². The van der Waals surface area contributed by atoms with Crippen molar-refractivity contribution in [3.8, 4) is 5.75 Å². The molecule has 0 saturated carbocycles. The van der Waals surface area contributed by atoms with Gasteiger partial charge in [-0.15, -0.1) is 18.2 Å². The van der Waals surface area contributed by atoms with Crippen molar-refractivity contribution in [2.24, 2.45) is 5.16 Å². The minimum absolute atomic E-state index is 0.285. The van der Waals surface area contributed by atoms with Crippen molar-refractivity contribution in [3.05, 3.63) is 60.2 Å². The fourth-order valence-electron chi connectivity index (χ4n) is 3.56. The van der Waals surface area contributed by atoms with Crippen molar-refractivity contribution in [2.45, 2.75) is 31.2 Å². The van der Waals surface area contributed by atoms with Crippen LogP contribution in [0.4, 0.5) is 23.7 Å². The van der Waals surface area contributed by atoms with Gasteiger partial charge < -0.3 is 14.4 Å². The smallest absolute Gasteiger partial charge is 0.406 e. The van der Waals surface area contributed by atoms with Gasteiger partial charge in [0.15, 0.2) is 0 Å². The molecule has 2 aliphatic rings. The number of carbonyl (C=O) groups excluding carboxylic acids is 1. The lowest BCUT2D eigenvalue weighted by atomic mass is 9.86. The highest BCUT2D eigenvalue weighted by molar-refractivity contribution is 6.01. The summed E-state index contributed by atoms with van der Waals surface area (Å²) in [7, 11) is 0. The van der Waals surface area contributed by atoms with Crippen LogP contribution in [0.15, 0.2) is 59.8 Å². The predicted octanol–water partition coefficient (Wildman–Crippen LogP) is 4.71. The zero-order chi connectivity index (χ0) is 21.9. The number of hydrogen-bond acceptors (Lipinski definition) is 6. The molecule has 31 heavy (non-hydrogen) atoms. The Kier molecular flexibility index (Phi) is 5.73. The fraction of sp³-hybridized carbons (Fsp3) is 0.333. The van der Waals surface area contributed by atoms with Crippen LogP contribution < -0.4 is 10.1 Å². The van der Waals surface area contributed by atoms with Crippen LogP contribution in [-0.4, -0.2) is 41.9 Å². The lowest BCUT2D eigenvalue weighted by molar-refractivity contribution is -0.274. The van der Waals surface area contributed by atoms with Gasteiger partial charge in [-0.2, -0.15) is 0 Å². The van der Waals surface area contributed by atoms with E-state index in [-0.39, 0.29) is 11.4 Å². The average molecular weight is 435 g/mol. The number of carbonyl (C=O) groups is 1. The number of rotatable bonds is 4. The summed E-state index contributed by atoms with van der Waals surface area (Å²) in [5.74, 6) is -0.374. The third kappa shape index (κ3) is 5.46. The van der Waals surface area contributed by atoms with Crippen molar-refractivity contribution < 1.29 is 32.4 Å². The molecular weight excluding hydrogens is 415 g/mol. The van der Waals surface area contributed by atoms with Gasteiger partial charge in [0.2, 0.25) is 0 Å². The van der Waals surface area contributed by atoms with Gasteiger partial charge in [0.05, 0.1) is 5.71 Å². The van der Waals surface area contributed by atoms with Crippen molar-refractivity contribution in [3.63, 3.8) is 0 Å². The zero-order valence-corrected chi connectivity index (χ0v) is 16.4. The first-order chi connectivity index (χ1) is 14.8. The summed E-state index contributed by atoms with van der Waals surface area (Å²) in [5, 5.41) is 8.26. The SMILES string of the molecule is O=C(Nc1ccc(OC(F)(F)F)cc1)ON1CCC2(CC1)CC(c1ccccc1)=NO2. The highest BCUT2D eigenvalue weighted by Gasteiger charge is 2.43. The number of oxime groups is 1. The van der Waals surface area contributed by atoms with E-state index in [9.17, 15) is 18.0 Å². The van der Waals surface area contributed by atoms with Gasteiger partial charge in [-0.1, -0.05) is 35.5 Å². The van der Waals surface area contributed by atoms with Crippen LogP contribution in [0, 0.1) is 0 Å². The number of ether oxygens (including phenoxy) is 1. The quantitative estimate of drug-likeness (QED) is 0.753. The van der Waals surface area contributed by atoms with Crippen LogP contribution in [-0.2, 0) is 9.68 Å². The normalized spacial score (nSPS) is 18.2. The lowest BCUT2D eigenvalue weighted by Crippen LogP contribution is -2.45. The maximum Gasteiger partial charge on any atom is 0.573 e. The first-order valence-electron chi connectivity index (χ1n) is 9.71. The van der Waals surface area contributed by atoms with Gasteiger partial charge in [-0.05, 0) is 29.8 Å². The summed E-state index contributed by atoms with van der Waals surface area (Å²) >= 11 is 0. The average Bonchev–Trinajstić information content (AvgIpc) is 3.15. The van der Waals surface area contributed by atoms with Gasteiger partial charge in [0.1, 0.15) is 11.4 Å². The number of anilines is 1. The van der Waals surface area contributed by atoms with Crippen LogP contribution in [0.3, 0.4) is 0 Å². The Morgan fingerprint density at radius 3 is 2.39 bits per heavy atom. The van der Waals surface area contributed by atoms with E-state index in [4.69, 9.17) is 9.68 Å². The maximum atomic E-state index is 12.2. The van der Waals surface area contributed by atoms with E-state index in [0.29, 0.717) is 32.4 Å². The Labute approximate surface area is 176 Å². The first-order valence-corrected chi connectivity index (χ1v) is 9.71. The molecule has 1 N–H and O–H groups in total. The van der Waals surface area contributed by atoms with Crippen molar-refractivity contribution in [2.75, 3.05) is 18.4 Å². The molecule has 0 atom stereocenters. The van der Waals surface area contributed by atoms with Crippen molar-refractivity contribution >= 4 is 17.5 Å². The maximum absolute atomic E-state index is 12.2. The molecule has 164 valence electrons. The number of hydrogen-bond donors (Lipinski definition) is 1. The molecular formula is C21H20F3N3O4. The number of alkyl halides is 3. The molecule has 0 aliphatic carbocycles. The number of hydroxylamine groups is 2. The largest absolute Gasteiger partial charge is 0.573 e. The molecule has 2 aliphatic heterocycles. The molecule has 2 heterocycles. The minimum Gasteiger partial charge on any atom is -0.406 e. The topological polar surface area (TPSA) is 72.4 Å². The van der Waals surface area contributed by atoms with Gasteiger partial charge in [-0.3, -0.25) is 5.32 Å². The van der Waals surface area contributed by atoms with Gasteiger partial charge in [0, 0.05) is 38.0 Å². The molecule has 1 amide bonds. The third-order valence-corrected chi connectivity index (χ3v) is 5.13. The van der Waals surface area contributed by atoms with Crippen LogP contribution in [0.25, 0.3) is 0 Å². The Balaban J connectivity index is 1.23. The molecule has 1 spiro atoms. The number of piperidine rings is 1. The monoisotopic (exact) mass is 435 g/mol. The highest BCUT2D eigenvalue weighted by Crippen LogP contribution is 2.36. The number of amides is 1. The van der Waals surface area contributed by atoms with Gasteiger partial charge in [0.25, 0.3) is 0 Å². The molecule has 7 nitrogen and oxygen atoms in total. The van der Waals surface area contributed by atoms with E-state index in [0.717, 1.165) is 23.4 Å². The second-order valence-electron chi connectivity index (χ2n) is 7.36. The highest BCUT2D eigenvalue weighted by atomic mass is 19.4. The first kappa shape index (κ1) is 21.0. The number of benzene rings is 2. The minimum atomic E-state index is -4.77. The van der Waals surface area contributed by atoms with E-state index in [1.807, 2.05) is 30.3 Å². The second-order valence-corrected chi connectivity index (χ2v) is 7.36. The van der Waals surface area contributed by atoms with Gasteiger partial charge >= 0.3 is 12.5 Å². The standard InChI is InChI=1S/C21H20F3N3O4/c22-21(23,24)29-17-8-6-16(7-9-17)25-19(28)30-27-12-10-20(11-13-27)14-18(26-31-20)15-4-2-1-3-5-15/h1-9H,10-14H2,(H,25,28). The van der Waals surface area contributed by atoms with Crippen molar-refractivity contribution in [1.82, 2.24) is 5.06 Å². The van der Waals surface area contributed by atoms with Crippen molar-refractivity contribution in [1.29, 1.82) is 0 Å². The third-order valence-electron chi connectivity index (χ3n) is 5.13. The number of nitrogens with one attached hydrogen (secondary N) is 1. The molecule has 2 aromatic carbocycles. The summed E-state index contributed by atoms with van der Waals surface area (Å²) in [6.07, 6.45) is -3.51. The Bertz CT molecular complexity index is 941. The Morgan fingerprint density at radius 1 is 1.06 bits per heavy atom. The Hall–Kier alpha value is -3.27. The molecule has 2 aromatic rings. The molecule has 1 saturated heterocycles.